The molecule has 0 saturated carbocycles. The van der Waals surface area contributed by atoms with E-state index in [0.29, 0.717) is 23.4 Å². The Balaban J connectivity index is 2.79. The summed E-state index contributed by atoms with van der Waals surface area (Å²) in [5.74, 6) is 0.446. The normalized spacial score (nSPS) is 13.4. The van der Waals surface area contributed by atoms with E-state index in [1.807, 2.05) is 0 Å². The molecular formula is C11H11BrClF3O2. The molecule has 1 aromatic carbocycles. The Morgan fingerprint density at radius 3 is 2.50 bits per heavy atom. The Morgan fingerprint density at radius 2 is 2.00 bits per heavy atom. The topological polar surface area (TPSA) is 18.5 Å². The number of rotatable bonds is 5. The summed E-state index contributed by atoms with van der Waals surface area (Å²) in [6, 6.07) is 4.03. The van der Waals surface area contributed by atoms with Gasteiger partial charge in [0.25, 0.3) is 0 Å². The highest BCUT2D eigenvalue weighted by Gasteiger charge is 2.39. The zero-order valence-corrected chi connectivity index (χ0v) is 11.8. The molecule has 0 aliphatic carbocycles. The maximum absolute atomic E-state index is 12.4. The Labute approximate surface area is 116 Å². The standard InChI is InChI=1S/C11H11BrClF3O2/c1-17-4-5-18-9-3-2-7(6-8(9)12)10(13)11(14,15)16/h2-3,6,10H,4-5H2,1H3. The van der Waals surface area contributed by atoms with Gasteiger partial charge in [-0.05, 0) is 33.6 Å². The van der Waals surface area contributed by atoms with Crippen LogP contribution in [0.3, 0.4) is 0 Å². The van der Waals surface area contributed by atoms with Crippen LogP contribution in [0.25, 0.3) is 0 Å². The third-order valence-electron chi connectivity index (χ3n) is 2.08. The van der Waals surface area contributed by atoms with E-state index < -0.39 is 11.6 Å². The smallest absolute Gasteiger partial charge is 0.408 e. The fourth-order valence-electron chi connectivity index (χ4n) is 1.22. The largest absolute Gasteiger partial charge is 0.490 e. The predicted molar refractivity (Wildman–Crippen MR) is 66.2 cm³/mol. The predicted octanol–water partition coefficient (Wildman–Crippen LogP) is 4.32. The highest BCUT2D eigenvalue weighted by atomic mass is 79.9. The molecule has 1 aromatic rings. The van der Waals surface area contributed by atoms with Crippen molar-refractivity contribution in [2.24, 2.45) is 0 Å². The summed E-state index contributed by atoms with van der Waals surface area (Å²) in [5.41, 5.74) is -0.0323. The molecular weight excluding hydrogens is 336 g/mol. The Bertz CT molecular complexity index is 398. The monoisotopic (exact) mass is 346 g/mol. The Morgan fingerprint density at radius 1 is 1.33 bits per heavy atom. The van der Waals surface area contributed by atoms with Crippen LogP contribution in [0.1, 0.15) is 10.9 Å². The number of hydrogen-bond acceptors (Lipinski definition) is 2. The van der Waals surface area contributed by atoms with Crippen molar-refractivity contribution in [1.29, 1.82) is 0 Å². The van der Waals surface area contributed by atoms with Gasteiger partial charge in [0, 0.05) is 7.11 Å². The van der Waals surface area contributed by atoms with E-state index in [2.05, 4.69) is 15.9 Å². The number of ether oxygens (including phenoxy) is 2. The molecule has 0 N–H and O–H groups in total. The fraction of sp³-hybridized carbons (Fsp3) is 0.455. The van der Waals surface area contributed by atoms with Crippen LogP contribution in [0.5, 0.6) is 5.75 Å². The lowest BCUT2D eigenvalue weighted by molar-refractivity contribution is -0.131. The van der Waals surface area contributed by atoms with Crippen LogP contribution in [-0.2, 0) is 4.74 Å². The molecule has 0 aromatic heterocycles. The molecule has 1 unspecified atom stereocenters. The molecule has 1 atom stereocenters. The molecule has 0 aliphatic heterocycles. The van der Waals surface area contributed by atoms with Crippen LogP contribution in [-0.4, -0.2) is 26.5 Å². The summed E-state index contributed by atoms with van der Waals surface area (Å²) in [6.07, 6.45) is -4.47. The van der Waals surface area contributed by atoms with Gasteiger partial charge in [-0.25, -0.2) is 0 Å². The average Bonchev–Trinajstić information content (AvgIpc) is 2.29. The number of hydrogen-bond donors (Lipinski definition) is 0. The second kappa shape index (κ2) is 6.63. The summed E-state index contributed by atoms with van der Waals surface area (Å²) in [5, 5.41) is -2.03. The van der Waals surface area contributed by atoms with Crippen LogP contribution >= 0.6 is 27.5 Å². The van der Waals surface area contributed by atoms with Crippen LogP contribution in [0, 0.1) is 0 Å². The first-order valence-electron chi connectivity index (χ1n) is 4.98. The molecule has 0 heterocycles. The molecule has 0 amide bonds. The van der Waals surface area contributed by atoms with Gasteiger partial charge in [-0.1, -0.05) is 6.07 Å². The van der Waals surface area contributed by atoms with Crippen LogP contribution in [0.2, 0.25) is 0 Å². The van der Waals surface area contributed by atoms with Crippen molar-refractivity contribution in [2.75, 3.05) is 20.3 Å². The molecule has 7 heteroatoms. The first kappa shape index (κ1) is 15.6. The molecule has 0 saturated heterocycles. The lowest BCUT2D eigenvalue weighted by atomic mass is 10.1. The summed E-state index contributed by atoms with van der Waals surface area (Å²) >= 11 is 8.47. The molecule has 1 rings (SSSR count). The summed E-state index contributed by atoms with van der Waals surface area (Å²) in [4.78, 5) is 0. The fourth-order valence-corrected chi connectivity index (χ4v) is 1.86. The van der Waals surface area contributed by atoms with Gasteiger partial charge >= 0.3 is 6.18 Å². The Kier molecular flexibility index (Phi) is 5.75. The molecule has 102 valence electrons. The van der Waals surface area contributed by atoms with E-state index in [1.54, 1.807) is 0 Å². The third kappa shape index (κ3) is 4.33. The van der Waals surface area contributed by atoms with Gasteiger partial charge in [0.2, 0.25) is 0 Å². The van der Waals surface area contributed by atoms with Crippen molar-refractivity contribution in [1.82, 2.24) is 0 Å². The highest BCUT2D eigenvalue weighted by molar-refractivity contribution is 9.10. The van der Waals surface area contributed by atoms with Gasteiger partial charge in [-0.15, -0.1) is 11.6 Å². The second-order valence-corrected chi connectivity index (χ2v) is 4.73. The summed E-state index contributed by atoms with van der Waals surface area (Å²) < 4.78 is 47.8. The van der Waals surface area contributed by atoms with Crippen LogP contribution in [0.4, 0.5) is 13.2 Å². The van der Waals surface area contributed by atoms with Crippen molar-refractivity contribution in [3.8, 4) is 5.75 Å². The highest BCUT2D eigenvalue weighted by Crippen LogP contribution is 2.40. The van der Waals surface area contributed by atoms with Crippen LogP contribution in [0.15, 0.2) is 22.7 Å². The molecule has 2 nitrogen and oxygen atoms in total. The molecule has 0 bridgehead atoms. The van der Waals surface area contributed by atoms with Gasteiger partial charge in [0.15, 0.2) is 5.38 Å². The van der Waals surface area contributed by atoms with E-state index in [9.17, 15) is 13.2 Å². The van der Waals surface area contributed by atoms with E-state index >= 15 is 0 Å². The first-order chi connectivity index (χ1) is 8.36. The van der Waals surface area contributed by atoms with Gasteiger partial charge in [-0.3, -0.25) is 0 Å². The SMILES string of the molecule is COCCOc1ccc(C(Cl)C(F)(F)F)cc1Br. The number of halogens is 5. The molecule has 0 aliphatic rings. The Hall–Kier alpha value is -0.460. The van der Waals surface area contributed by atoms with E-state index in [4.69, 9.17) is 21.1 Å². The maximum atomic E-state index is 12.4. The number of benzene rings is 1. The minimum atomic E-state index is -4.47. The number of methoxy groups -OCH3 is 1. The molecule has 0 fully saturated rings. The minimum Gasteiger partial charge on any atom is -0.490 e. The average molecular weight is 348 g/mol. The zero-order chi connectivity index (χ0) is 13.8. The van der Waals surface area contributed by atoms with Gasteiger partial charge in [0.05, 0.1) is 11.1 Å². The molecule has 18 heavy (non-hydrogen) atoms. The molecule has 0 radical (unpaired) electrons. The maximum Gasteiger partial charge on any atom is 0.408 e. The van der Waals surface area contributed by atoms with Crippen LogP contribution < -0.4 is 4.74 Å². The summed E-state index contributed by atoms with van der Waals surface area (Å²) in [7, 11) is 1.53. The third-order valence-corrected chi connectivity index (χ3v) is 3.20. The summed E-state index contributed by atoms with van der Waals surface area (Å²) in [6.45, 7) is 0.715. The van der Waals surface area contributed by atoms with Gasteiger partial charge < -0.3 is 9.47 Å². The lowest BCUT2D eigenvalue weighted by Gasteiger charge is -2.15. The zero-order valence-electron chi connectivity index (χ0n) is 9.43. The molecule has 0 spiro atoms. The quantitative estimate of drug-likeness (QED) is 0.583. The van der Waals surface area contributed by atoms with Crippen molar-refractivity contribution in [3.63, 3.8) is 0 Å². The first-order valence-corrected chi connectivity index (χ1v) is 6.21. The van der Waals surface area contributed by atoms with E-state index in [0.717, 1.165) is 0 Å². The lowest BCUT2D eigenvalue weighted by Crippen LogP contribution is -2.15. The van der Waals surface area contributed by atoms with Crippen molar-refractivity contribution >= 4 is 27.5 Å². The minimum absolute atomic E-state index is 0.0323. The van der Waals surface area contributed by atoms with Crippen molar-refractivity contribution in [3.05, 3.63) is 28.2 Å². The van der Waals surface area contributed by atoms with E-state index in [1.165, 1.54) is 25.3 Å². The van der Waals surface area contributed by atoms with Crippen molar-refractivity contribution < 1.29 is 22.6 Å². The number of alkyl halides is 4. The second-order valence-electron chi connectivity index (χ2n) is 3.44. The van der Waals surface area contributed by atoms with Crippen molar-refractivity contribution in [2.45, 2.75) is 11.6 Å². The van der Waals surface area contributed by atoms with Gasteiger partial charge in [-0.2, -0.15) is 13.2 Å². The van der Waals surface area contributed by atoms with Gasteiger partial charge in [0.1, 0.15) is 12.4 Å². The van der Waals surface area contributed by atoms with E-state index in [-0.39, 0.29) is 5.56 Å².